The quantitative estimate of drug-likeness (QED) is 0.776. The Hall–Kier alpha value is -1.88. The maximum atomic E-state index is 12.1. The molecule has 1 aromatic rings. The summed E-state index contributed by atoms with van der Waals surface area (Å²) >= 11 is 0. The van der Waals surface area contributed by atoms with E-state index < -0.39 is 0 Å². The van der Waals surface area contributed by atoms with Crippen molar-refractivity contribution >= 4 is 17.5 Å². The molecule has 5 nitrogen and oxygen atoms in total. The van der Waals surface area contributed by atoms with Crippen molar-refractivity contribution in [3.8, 4) is 0 Å². The molecule has 0 bridgehead atoms. The fourth-order valence-corrected chi connectivity index (χ4v) is 2.47. The number of hydrogen-bond acceptors (Lipinski definition) is 3. The van der Waals surface area contributed by atoms with Crippen LogP contribution in [-0.2, 0) is 16.1 Å². The third-order valence-corrected chi connectivity index (χ3v) is 4.07. The van der Waals surface area contributed by atoms with Crippen molar-refractivity contribution in [3.63, 3.8) is 0 Å². The molecule has 3 N–H and O–H groups in total. The van der Waals surface area contributed by atoms with E-state index in [9.17, 15) is 9.59 Å². The average Bonchev–Trinajstić information content (AvgIpc) is 2.92. The van der Waals surface area contributed by atoms with Crippen molar-refractivity contribution in [3.05, 3.63) is 29.8 Å². The minimum absolute atomic E-state index is 0.00349. The predicted octanol–water partition coefficient (Wildman–Crippen LogP) is 1.75. The summed E-state index contributed by atoms with van der Waals surface area (Å²) in [5.74, 6) is 0.512. The van der Waals surface area contributed by atoms with Gasteiger partial charge in [0.1, 0.15) is 0 Å². The summed E-state index contributed by atoms with van der Waals surface area (Å²) < 4.78 is 0. The van der Waals surface area contributed by atoms with Crippen molar-refractivity contribution in [1.82, 2.24) is 10.6 Å². The van der Waals surface area contributed by atoms with Gasteiger partial charge in [-0.05, 0) is 30.2 Å². The van der Waals surface area contributed by atoms with Gasteiger partial charge in [0.15, 0.2) is 0 Å². The summed E-state index contributed by atoms with van der Waals surface area (Å²) in [6, 6.07) is 7.57. The van der Waals surface area contributed by atoms with Crippen LogP contribution in [0.15, 0.2) is 24.3 Å². The summed E-state index contributed by atoms with van der Waals surface area (Å²) in [5, 5.41) is 9.07. The van der Waals surface area contributed by atoms with Crippen LogP contribution in [0.3, 0.4) is 0 Å². The Bertz CT molecular complexity index is 525. The minimum Gasteiger partial charge on any atom is -0.352 e. The average molecular weight is 303 g/mol. The van der Waals surface area contributed by atoms with E-state index in [-0.39, 0.29) is 23.7 Å². The number of amides is 2. The van der Waals surface area contributed by atoms with Gasteiger partial charge < -0.3 is 16.0 Å². The SMILES string of the molecule is CC(C)C(=O)Nc1ccc(CNC(=O)[C@@H]2CNC[C@H]2C)cc1. The van der Waals surface area contributed by atoms with Crippen LogP contribution in [-0.4, -0.2) is 24.9 Å². The lowest BCUT2D eigenvalue weighted by molar-refractivity contribution is -0.125. The summed E-state index contributed by atoms with van der Waals surface area (Å²) in [7, 11) is 0. The van der Waals surface area contributed by atoms with Crippen LogP contribution in [0.4, 0.5) is 5.69 Å². The molecule has 2 atom stereocenters. The van der Waals surface area contributed by atoms with Gasteiger partial charge in [0.2, 0.25) is 11.8 Å². The second-order valence-corrected chi connectivity index (χ2v) is 6.30. The van der Waals surface area contributed by atoms with Crippen molar-refractivity contribution in [2.45, 2.75) is 27.3 Å². The van der Waals surface area contributed by atoms with Crippen LogP contribution in [0.5, 0.6) is 0 Å². The van der Waals surface area contributed by atoms with E-state index in [1.807, 2.05) is 38.1 Å². The van der Waals surface area contributed by atoms with E-state index in [0.717, 1.165) is 24.3 Å². The highest BCUT2D eigenvalue weighted by atomic mass is 16.2. The smallest absolute Gasteiger partial charge is 0.226 e. The molecule has 0 spiro atoms. The monoisotopic (exact) mass is 303 g/mol. The Labute approximate surface area is 131 Å². The first-order valence-electron chi connectivity index (χ1n) is 7.85. The van der Waals surface area contributed by atoms with E-state index >= 15 is 0 Å². The van der Waals surface area contributed by atoms with Crippen molar-refractivity contribution < 1.29 is 9.59 Å². The van der Waals surface area contributed by atoms with Gasteiger partial charge in [0.25, 0.3) is 0 Å². The fraction of sp³-hybridized carbons (Fsp3) is 0.529. The van der Waals surface area contributed by atoms with Crippen molar-refractivity contribution in [2.24, 2.45) is 17.8 Å². The van der Waals surface area contributed by atoms with Gasteiger partial charge >= 0.3 is 0 Å². The number of carbonyl (C=O) groups is 2. The number of rotatable bonds is 5. The van der Waals surface area contributed by atoms with Gasteiger partial charge in [-0.1, -0.05) is 32.9 Å². The van der Waals surface area contributed by atoms with Crippen molar-refractivity contribution in [1.29, 1.82) is 0 Å². The van der Waals surface area contributed by atoms with E-state index in [0.29, 0.717) is 12.5 Å². The van der Waals surface area contributed by atoms with Crippen LogP contribution >= 0.6 is 0 Å². The molecule has 0 saturated carbocycles. The topological polar surface area (TPSA) is 70.2 Å². The van der Waals surface area contributed by atoms with Crippen molar-refractivity contribution in [2.75, 3.05) is 18.4 Å². The third kappa shape index (κ3) is 4.31. The molecule has 1 heterocycles. The maximum absolute atomic E-state index is 12.1. The Morgan fingerprint density at radius 2 is 1.91 bits per heavy atom. The lowest BCUT2D eigenvalue weighted by atomic mass is 9.97. The van der Waals surface area contributed by atoms with Gasteiger partial charge in [-0.25, -0.2) is 0 Å². The Morgan fingerprint density at radius 3 is 2.45 bits per heavy atom. The van der Waals surface area contributed by atoms with Crippen LogP contribution < -0.4 is 16.0 Å². The first-order chi connectivity index (χ1) is 10.5. The molecule has 1 fully saturated rings. The maximum Gasteiger partial charge on any atom is 0.226 e. The van der Waals surface area contributed by atoms with E-state index in [2.05, 4.69) is 22.9 Å². The largest absolute Gasteiger partial charge is 0.352 e. The van der Waals surface area contributed by atoms with Crippen LogP contribution in [0, 0.1) is 17.8 Å². The lowest BCUT2D eigenvalue weighted by Gasteiger charge is -2.14. The molecular weight excluding hydrogens is 278 g/mol. The van der Waals surface area contributed by atoms with Gasteiger partial charge in [-0.15, -0.1) is 0 Å². The molecule has 22 heavy (non-hydrogen) atoms. The Kier molecular flexibility index (Phi) is 5.55. The molecule has 2 amide bonds. The zero-order valence-corrected chi connectivity index (χ0v) is 13.5. The molecule has 0 radical (unpaired) electrons. The zero-order chi connectivity index (χ0) is 16.1. The number of carbonyl (C=O) groups excluding carboxylic acids is 2. The molecule has 0 unspecified atom stereocenters. The standard InChI is InChI=1S/C17H25N3O2/c1-11(2)16(21)20-14-6-4-13(5-7-14)9-19-17(22)15-10-18-8-12(15)3/h4-7,11-12,15,18H,8-10H2,1-3H3,(H,19,22)(H,20,21)/t12-,15-/m1/s1. The molecule has 0 aliphatic carbocycles. The van der Waals surface area contributed by atoms with Gasteiger partial charge in [-0.2, -0.15) is 0 Å². The molecule has 1 saturated heterocycles. The third-order valence-electron chi connectivity index (χ3n) is 4.07. The molecular formula is C17H25N3O2. The highest BCUT2D eigenvalue weighted by molar-refractivity contribution is 5.92. The van der Waals surface area contributed by atoms with E-state index in [1.165, 1.54) is 0 Å². The molecule has 1 aliphatic heterocycles. The fourth-order valence-electron chi connectivity index (χ4n) is 2.47. The minimum atomic E-state index is -0.0408. The number of nitrogens with one attached hydrogen (secondary N) is 3. The second kappa shape index (κ2) is 7.40. The number of hydrogen-bond donors (Lipinski definition) is 3. The first kappa shape index (κ1) is 16.5. The van der Waals surface area contributed by atoms with Crippen LogP contribution in [0.2, 0.25) is 0 Å². The molecule has 1 aliphatic rings. The normalized spacial score (nSPS) is 20.9. The Balaban J connectivity index is 1.83. The molecule has 1 aromatic carbocycles. The van der Waals surface area contributed by atoms with Crippen LogP contribution in [0.25, 0.3) is 0 Å². The highest BCUT2D eigenvalue weighted by Crippen LogP contribution is 2.16. The summed E-state index contributed by atoms with van der Waals surface area (Å²) in [5.41, 5.74) is 1.80. The number of anilines is 1. The van der Waals surface area contributed by atoms with Gasteiger partial charge in [0.05, 0.1) is 5.92 Å². The predicted molar refractivity (Wildman–Crippen MR) is 87.3 cm³/mol. The second-order valence-electron chi connectivity index (χ2n) is 6.30. The van der Waals surface area contributed by atoms with Gasteiger partial charge in [0, 0.05) is 24.7 Å². The van der Waals surface area contributed by atoms with Crippen LogP contribution in [0.1, 0.15) is 26.3 Å². The van der Waals surface area contributed by atoms with E-state index in [1.54, 1.807) is 0 Å². The summed E-state index contributed by atoms with van der Waals surface area (Å²) in [4.78, 5) is 23.7. The number of benzene rings is 1. The Morgan fingerprint density at radius 1 is 1.23 bits per heavy atom. The molecule has 2 rings (SSSR count). The summed E-state index contributed by atoms with van der Waals surface area (Å²) in [6.45, 7) is 7.99. The first-order valence-corrected chi connectivity index (χ1v) is 7.85. The van der Waals surface area contributed by atoms with Gasteiger partial charge in [-0.3, -0.25) is 9.59 Å². The highest BCUT2D eigenvalue weighted by Gasteiger charge is 2.29. The molecule has 120 valence electrons. The molecule has 0 aromatic heterocycles. The van der Waals surface area contributed by atoms with E-state index in [4.69, 9.17) is 0 Å². The lowest BCUT2D eigenvalue weighted by Crippen LogP contribution is -2.33. The summed E-state index contributed by atoms with van der Waals surface area (Å²) in [6.07, 6.45) is 0. The zero-order valence-electron chi connectivity index (χ0n) is 13.5. The molecule has 5 heteroatoms.